The van der Waals surface area contributed by atoms with Crippen LogP contribution in [0.2, 0.25) is 5.15 Å². The van der Waals surface area contributed by atoms with Crippen LogP contribution in [0.3, 0.4) is 0 Å². The number of aromatic nitrogens is 1. The third kappa shape index (κ3) is 4.62. The molecule has 0 spiro atoms. The smallest absolute Gasteiger partial charge is 0.315 e. The van der Waals surface area contributed by atoms with Gasteiger partial charge in [0, 0.05) is 19.3 Å². The minimum absolute atomic E-state index is 0.0735. The number of amides is 2. The number of halogens is 1. The fraction of sp³-hybridized carbons (Fsp3) is 0.333. The second-order valence-corrected chi connectivity index (χ2v) is 3.21. The Labute approximate surface area is 92.5 Å². The van der Waals surface area contributed by atoms with Gasteiger partial charge in [-0.05, 0) is 11.6 Å². The van der Waals surface area contributed by atoms with Crippen molar-refractivity contribution in [1.29, 1.82) is 0 Å². The number of pyridine rings is 1. The zero-order valence-corrected chi connectivity index (χ0v) is 8.79. The third-order valence-electron chi connectivity index (χ3n) is 1.64. The molecule has 5 nitrogen and oxygen atoms in total. The van der Waals surface area contributed by atoms with E-state index in [1.807, 2.05) is 0 Å². The first-order valence-electron chi connectivity index (χ1n) is 4.45. The normalized spacial score (nSPS) is 9.73. The maximum atomic E-state index is 11.1. The first kappa shape index (κ1) is 11.7. The lowest BCUT2D eigenvalue weighted by Gasteiger charge is -2.05. The van der Waals surface area contributed by atoms with Crippen molar-refractivity contribution in [2.24, 2.45) is 0 Å². The summed E-state index contributed by atoms with van der Waals surface area (Å²) in [4.78, 5) is 14.9. The van der Waals surface area contributed by atoms with Gasteiger partial charge in [0.05, 0.1) is 6.61 Å². The number of carbonyl (C=O) groups is 1. The molecule has 0 atom stereocenters. The maximum Gasteiger partial charge on any atom is 0.315 e. The van der Waals surface area contributed by atoms with E-state index in [0.717, 1.165) is 5.56 Å². The number of rotatable bonds is 4. The van der Waals surface area contributed by atoms with Crippen LogP contribution in [0.15, 0.2) is 18.3 Å². The minimum atomic E-state index is -0.320. The average molecular weight is 230 g/mol. The second kappa shape index (κ2) is 6.21. The van der Waals surface area contributed by atoms with E-state index in [9.17, 15) is 4.79 Å². The van der Waals surface area contributed by atoms with Gasteiger partial charge in [0.2, 0.25) is 0 Å². The summed E-state index contributed by atoms with van der Waals surface area (Å²) in [5.74, 6) is 0. The molecular weight excluding hydrogens is 218 g/mol. The van der Waals surface area contributed by atoms with Gasteiger partial charge < -0.3 is 15.7 Å². The van der Waals surface area contributed by atoms with Crippen LogP contribution >= 0.6 is 11.6 Å². The summed E-state index contributed by atoms with van der Waals surface area (Å²) in [6.07, 6.45) is 1.59. The number of urea groups is 1. The monoisotopic (exact) mass is 229 g/mol. The highest BCUT2D eigenvalue weighted by atomic mass is 35.5. The van der Waals surface area contributed by atoms with Crippen molar-refractivity contribution in [3.8, 4) is 0 Å². The van der Waals surface area contributed by atoms with Crippen LogP contribution in [-0.4, -0.2) is 29.3 Å². The van der Waals surface area contributed by atoms with E-state index in [0.29, 0.717) is 11.7 Å². The number of hydrogen-bond donors (Lipinski definition) is 3. The van der Waals surface area contributed by atoms with Crippen LogP contribution in [0.1, 0.15) is 5.56 Å². The molecule has 15 heavy (non-hydrogen) atoms. The van der Waals surface area contributed by atoms with E-state index in [1.54, 1.807) is 18.3 Å². The maximum absolute atomic E-state index is 11.1. The van der Waals surface area contributed by atoms with Gasteiger partial charge in [0.25, 0.3) is 0 Å². The van der Waals surface area contributed by atoms with E-state index in [2.05, 4.69) is 15.6 Å². The van der Waals surface area contributed by atoms with Crippen LogP contribution in [0.5, 0.6) is 0 Å². The number of hydrogen-bond acceptors (Lipinski definition) is 3. The van der Waals surface area contributed by atoms with Gasteiger partial charge in [0.1, 0.15) is 5.15 Å². The zero-order chi connectivity index (χ0) is 11.1. The summed E-state index contributed by atoms with van der Waals surface area (Å²) in [6.45, 7) is 0.544. The van der Waals surface area contributed by atoms with E-state index in [4.69, 9.17) is 16.7 Å². The van der Waals surface area contributed by atoms with Crippen molar-refractivity contribution >= 4 is 17.6 Å². The molecule has 3 N–H and O–H groups in total. The molecule has 0 aliphatic carbocycles. The SMILES string of the molecule is O=C(NCCO)NCc1ccc(Cl)nc1. The molecule has 6 heteroatoms. The number of nitrogens with zero attached hydrogens (tertiary/aromatic N) is 1. The topological polar surface area (TPSA) is 74.2 Å². The highest BCUT2D eigenvalue weighted by Crippen LogP contribution is 2.04. The Kier molecular flexibility index (Phi) is 4.86. The standard InChI is InChI=1S/C9H12ClN3O2/c10-8-2-1-7(5-12-8)6-13-9(15)11-3-4-14/h1-2,5,14H,3-4,6H2,(H2,11,13,15). The van der Waals surface area contributed by atoms with Gasteiger partial charge in [-0.15, -0.1) is 0 Å². The van der Waals surface area contributed by atoms with Crippen LogP contribution in [0.25, 0.3) is 0 Å². The van der Waals surface area contributed by atoms with Crippen molar-refractivity contribution in [1.82, 2.24) is 15.6 Å². The molecule has 0 bridgehead atoms. The average Bonchev–Trinajstić information content (AvgIpc) is 2.25. The lowest BCUT2D eigenvalue weighted by atomic mass is 10.3. The molecule has 82 valence electrons. The van der Waals surface area contributed by atoms with Gasteiger partial charge in [-0.2, -0.15) is 0 Å². The summed E-state index contributed by atoms with van der Waals surface area (Å²) >= 11 is 5.60. The minimum Gasteiger partial charge on any atom is -0.395 e. The van der Waals surface area contributed by atoms with Crippen molar-refractivity contribution in [2.45, 2.75) is 6.54 Å². The molecule has 0 aliphatic heterocycles. The lowest BCUT2D eigenvalue weighted by molar-refractivity contribution is 0.234. The molecule has 0 radical (unpaired) electrons. The largest absolute Gasteiger partial charge is 0.395 e. The molecule has 0 unspecified atom stereocenters. The van der Waals surface area contributed by atoms with Crippen molar-refractivity contribution in [3.63, 3.8) is 0 Å². The molecule has 0 saturated carbocycles. The predicted octanol–water partition coefficient (Wildman–Crippen LogP) is 0.527. The Bertz CT molecular complexity index is 316. The molecular formula is C9H12ClN3O2. The number of aliphatic hydroxyl groups excluding tert-OH is 1. The zero-order valence-electron chi connectivity index (χ0n) is 8.03. The molecule has 0 saturated heterocycles. The molecule has 1 rings (SSSR count). The first-order chi connectivity index (χ1) is 7.22. The van der Waals surface area contributed by atoms with Gasteiger partial charge in [0.15, 0.2) is 0 Å². The first-order valence-corrected chi connectivity index (χ1v) is 4.83. The summed E-state index contributed by atoms with van der Waals surface area (Å²) < 4.78 is 0. The van der Waals surface area contributed by atoms with E-state index < -0.39 is 0 Å². The lowest BCUT2D eigenvalue weighted by Crippen LogP contribution is -2.36. The van der Waals surface area contributed by atoms with Gasteiger partial charge in [-0.1, -0.05) is 17.7 Å². The fourth-order valence-electron chi connectivity index (χ4n) is 0.925. The summed E-state index contributed by atoms with van der Waals surface area (Å²) in [5, 5.41) is 14.0. The molecule has 2 amide bonds. The summed E-state index contributed by atoms with van der Waals surface area (Å²) in [6, 6.07) is 3.12. The van der Waals surface area contributed by atoms with Crippen LogP contribution < -0.4 is 10.6 Å². The highest BCUT2D eigenvalue weighted by Gasteiger charge is 1.99. The van der Waals surface area contributed by atoms with Gasteiger partial charge >= 0.3 is 6.03 Å². The van der Waals surface area contributed by atoms with Crippen molar-refractivity contribution in [2.75, 3.05) is 13.2 Å². The van der Waals surface area contributed by atoms with Crippen LogP contribution in [0, 0.1) is 0 Å². The Morgan fingerprint density at radius 2 is 2.27 bits per heavy atom. The molecule has 0 aliphatic rings. The molecule has 1 aromatic heterocycles. The van der Waals surface area contributed by atoms with Crippen LogP contribution in [-0.2, 0) is 6.54 Å². The molecule has 0 aromatic carbocycles. The third-order valence-corrected chi connectivity index (χ3v) is 1.86. The number of aliphatic hydroxyl groups is 1. The Morgan fingerprint density at radius 1 is 1.47 bits per heavy atom. The van der Waals surface area contributed by atoms with Crippen molar-refractivity contribution < 1.29 is 9.90 Å². The number of nitrogens with one attached hydrogen (secondary N) is 2. The highest BCUT2D eigenvalue weighted by molar-refractivity contribution is 6.29. The second-order valence-electron chi connectivity index (χ2n) is 2.82. The quantitative estimate of drug-likeness (QED) is 0.660. The number of carbonyl (C=O) groups excluding carboxylic acids is 1. The molecule has 1 aromatic rings. The Morgan fingerprint density at radius 3 is 2.87 bits per heavy atom. The van der Waals surface area contributed by atoms with Gasteiger partial charge in [-0.25, -0.2) is 9.78 Å². The summed E-state index contributed by atoms with van der Waals surface area (Å²) in [5.41, 5.74) is 0.860. The Hall–Kier alpha value is -1.33. The van der Waals surface area contributed by atoms with E-state index in [-0.39, 0.29) is 19.2 Å². The Balaban J connectivity index is 2.30. The fourth-order valence-corrected chi connectivity index (χ4v) is 1.04. The molecule has 0 fully saturated rings. The molecule has 1 heterocycles. The van der Waals surface area contributed by atoms with Crippen LogP contribution in [0.4, 0.5) is 4.79 Å². The predicted molar refractivity (Wildman–Crippen MR) is 56.6 cm³/mol. The van der Waals surface area contributed by atoms with E-state index >= 15 is 0 Å². The van der Waals surface area contributed by atoms with E-state index in [1.165, 1.54) is 0 Å². The van der Waals surface area contributed by atoms with Gasteiger partial charge in [-0.3, -0.25) is 0 Å². The van der Waals surface area contributed by atoms with Crippen molar-refractivity contribution in [3.05, 3.63) is 29.0 Å². The summed E-state index contributed by atoms with van der Waals surface area (Å²) in [7, 11) is 0.